The fourth-order valence-electron chi connectivity index (χ4n) is 1.26. The molecule has 3 nitrogen and oxygen atoms in total. The molecule has 2 rings (SSSR count). The first kappa shape index (κ1) is 10.4. The van der Waals surface area contributed by atoms with E-state index in [2.05, 4.69) is 9.97 Å². The lowest BCUT2D eigenvalue weighted by Gasteiger charge is -2.00. The molecule has 2 heterocycles. The van der Waals surface area contributed by atoms with Crippen LogP contribution in [0.4, 0.5) is 0 Å². The van der Waals surface area contributed by atoms with Gasteiger partial charge in [-0.25, -0.2) is 4.98 Å². The third-order valence-corrected chi connectivity index (χ3v) is 3.36. The monoisotopic (exact) mass is 238 g/mol. The van der Waals surface area contributed by atoms with E-state index in [1.807, 2.05) is 23.8 Å². The average molecular weight is 238 g/mol. The Balaban J connectivity index is 2.28. The van der Waals surface area contributed by atoms with Gasteiger partial charge >= 0.3 is 0 Å². The van der Waals surface area contributed by atoms with Crippen molar-refractivity contribution < 1.29 is 0 Å². The van der Waals surface area contributed by atoms with Crippen molar-refractivity contribution >= 4 is 23.1 Å². The molecule has 0 radical (unpaired) electrons. The number of thioether (sulfide) groups is 1. The van der Waals surface area contributed by atoms with Crippen LogP contribution >= 0.6 is 23.1 Å². The summed E-state index contributed by atoms with van der Waals surface area (Å²) >= 11 is 3.12. The summed E-state index contributed by atoms with van der Waals surface area (Å²) in [6.07, 6.45) is 2.63. The molecule has 0 saturated heterocycles. The zero-order valence-corrected chi connectivity index (χ0v) is 9.82. The maximum atomic E-state index is 11.3. The van der Waals surface area contributed by atoms with Gasteiger partial charge < -0.3 is 4.98 Å². The van der Waals surface area contributed by atoms with Crippen molar-refractivity contribution in [2.45, 2.75) is 11.6 Å². The topological polar surface area (TPSA) is 45.8 Å². The van der Waals surface area contributed by atoms with Gasteiger partial charge in [0.1, 0.15) is 0 Å². The van der Waals surface area contributed by atoms with Crippen LogP contribution in [0.3, 0.4) is 0 Å². The second-order valence-corrected chi connectivity index (χ2v) is 4.83. The minimum Gasteiger partial charge on any atom is -0.301 e. The molecule has 0 bridgehead atoms. The van der Waals surface area contributed by atoms with Gasteiger partial charge in [-0.2, -0.15) is 0 Å². The molecular formula is C10H10N2OS2. The Morgan fingerprint density at radius 1 is 1.60 bits per heavy atom. The van der Waals surface area contributed by atoms with Crippen molar-refractivity contribution in [2.24, 2.45) is 0 Å². The van der Waals surface area contributed by atoms with Crippen molar-refractivity contribution in [1.82, 2.24) is 9.97 Å². The Morgan fingerprint density at radius 2 is 2.47 bits per heavy atom. The van der Waals surface area contributed by atoms with Gasteiger partial charge in [0.05, 0.1) is 5.69 Å². The van der Waals surface area contributed by atoms with E-state index in [-0.39, 0.29) is 5.56 Å². The summed E-state index contributed by atoms with van der Waals surface area (Å²) in [5.41, 5.74) is 0.742. The Kier molecular flexibility index (Phi) is 3.23. The maximum Gasteiger partial charge on any atom is 0.251 e. The van der Waals surface area contributed by atoms with Crippen LogP contribution in [0.1, 0.15) is 10.6 Å². The van der Waals surface area contributed by atoms with Gasteiger partial charge in [0, 0.05) is 17.4 Å². The Morgan fingerprint density at radius 3 is 3.13 bits per heavy atom. The molecule has 78 valence electrons. The Labute approximate surface area is 95.6 Å². The largest absolute Gasteiger partial charge is 0.301 e. The van der Waals surface area contributed by atoms with Gasteiger partial charge in [-0.05, 0) is 17.7 Å². The second-order valence-electron chi connectivity index (χ2n) is 3.00. The molecule has 0 aliphatic heterocycles. The minimum absolute atomic E-state index is 0.0825. The molecule has 0 saturated carbocycles. The van der Waals surface area contributed by atoms with Crippen LogP contribution in [0.15, 0.2) is 33.5 Å². The van der Waals surface area contributed by atoms with E-state index in [1.54, 1.807) is 17.4 Å². The Hall–Kier alpha value is -1.07. The highest BCUT2D eigenvalue weighted by molar-refractivity contribution is 7.98. The van der Waals surface area contributed by atoms with Crippen LogP contribution in [0, 0.1) is 0 Å². The van der Waals surface area contributed by atoms with E-state index in [1.165, 1.54) is 16.6 Å². The molecule has 0 aliphatic carbocycles. The fourth-order valence-corrected chi connectivity index (χ4v) is 2.39. The highest BCUT2D eigenvalue weighted by Gasteiger charge is 2.02. The number of nitrogens with zero attached hydrogens (tertiary/aromatic N) is 1. The first-order valence-corrected chi connectivity index (χ1v) is 6.55. The van der Waals surface area contributed by atoms with E-state index in [0.717, 1.165) is 12.1 Å². The molecule has 15 heavy (non-hydrogen) atoms. The van der Waals surface area contributed by atoms with Crippen LogP contribution < -0.4 is 5.56 Å². The van der Waals surface area contributed by atoms with E-state index in [9.17, 15) is 4.79 Å². The maximum absolute atomic E-state index is 11.3. The summed E-state index contributed by atoms with van der Waals surface area (Å²) in [4.78, 5) is 19.5. The molecule has 5 heteroatoms. The van der Waals surface area contributed by atoms with Gasteiger partial charge in [0.15, 0.2) is 5.16 Å². The zero-order chi connectivity index (χ0) is 10.7. The average Bonchev–Trinajstić information content (AvgIpc) is 2.69. The summed E-state index contributed by atoms with van der Waals surface area (Å²) in [5, 5.41) is 2.70. The molecule has 0 spiro atoms. The molecule has 0 atom stereocenters. The summed E-state index contributed by atoms with van der Waals surface area (Å²) in [6, 6.07) is 5.61. The van der Waals surface area contributed by atoms with Gasteiger partial charge in [0.2, 0.25) is 0 Å². The molecule has 0 unspecified atom stereocenters. The third-order valence-electron chi connectivity index (χ3n) is 1.90. The van der Waals surface area contributed by atoms with E-state index in [4.69, 9.17) is 0 Å². The normalized spacial score (nSPS) is 10.5. The van der Waals surface area contributed by atoms with Crippen LogP contribution in [0.5, 0.6) is 0 Å². The van der Waals surface area contributed by atoms with Crippen LogP contribution in [0.25, 0.3) is 0 Å². The summed E-state index contributed by atoms with van der Waals surface area (Å²) in [7, 11) is 0. The lowest BCUT2D eigenvalue weighted by molar-refractivity contribution is 0.885. The van der Waals surface area contributed by atoms with Crippen molar-refractivity contribution in [3.8, 4) is 0 Å². The lowest BCUT2D eigenvalue weighted by Crippen LogP contribution is -2.09. The molecule has 0 aromatic carbocycles. The number of rotatable bonds is 3. The van der Waals surface area contributed by atoms with E-state index < -0.39 is 0 Å². The summed E-state index contributed by atoms with van der Waals surface area (Å²) in [5.74, 6) is 0. The van der Waals surface area contributed by atoms with Crippen molar-refractivity contribution in [2.75, 3.05) is 6.26 Å². The molecule has 2 aromatic heterocycles. The number of aromatic nitrogens is 2. The van der Waals surface area contributed by atoms with Crippen LogP contribution in [-0.4, -0.2) is 16.2 Å². The molecular weight excluding hydrogens is 228 g/mol. The van der Waals surface area contributed by atoms with E-state index >= 15 is 0 Å². The molecule has 0 fully saturated rings. The predicted molar refractivity (Wildman–Crippen MR) is 63.8 cm³/mol. The van der Waals surface area contributed by atoms with Crippen LogP contribution in [0.2, 0.25) is 0 Å². The standard InChI is InChI=1S/C10H10N2OS2/c1-14-10-11-7(6-9(13)12-10)5-8-3-2-4-15-8/h2-4,6H,5H2,1H3,(H,11,12,13). The number of hydrogen-bond acceptors (Lipinski definition) is 4. The highest BCUT2D eigenvalue weighted by Crippen LogP contribution is 2.14. The quantitative estimate of drug-likeness (QED) is 0.658. The zero-order valence-electron chi connectivity index (χ0n) is 8.19. The van der Waals surface area contributed by atoms with Crippen molar-refractivity contribution in [3.63, 3.8) is 0 Å². The third kappa shape index (κ3) is 2.70. The smallest absolute Gasteiger partial charge is 0.251 e. The molecule has 0 amide bonds. The first-order chi connectivity index (χ1) is 7.28. The van der Waals surface area contributed by atoms with Crippen molar-refractivity contribution in [3.05, 3.63) is 44.5 Å². The second kappa shape index (κ2) is 4.63. The van der Waals surface area contributed by atoms with Gasteiger partial charge in [-0.1, -0.05) is 17.8 Å². The predicted octanol–water partition coefficient (Wildman–Crippen LogP) is 2.14. The number of hydrogen-bond donors (Lipinski definition) is 1. The van der Waals surface area contributed by atoms with E-state index in [0.29, 0.717) is 5.16 Å². The number of H-pyrrole nitrogens is 1. The van der Waals surface area contributed by atoms with Gasteiger partial charge in [-0.3, -0.25) is 4.79 Å². The first-order valence-electron chi connectivity index (χ1n) is 4.44. The number of nitrogens with one attached hydrogen (secondary N) is 1. The molecule has 1 N–H and O–H groups in total. The molecule has 2 aromatic rings. The Bertz CT molecular complexity index is 490. The highest BCUT2D eigenvalue weighted by atomic mass is 32.2. The van der Waals surface area contributed by atoms with Gasteiger partial charge in [0.25, 0.3) is 5.56 Å². The molecule has 0 aliphatic rings. The minimum atomic E-state index is -0.0825. The lowest BCUT2D eigenvalue weighted by atomic mass is 10.2. The van der Waals surface area contributed by atoms with Crippen molar-refractivity contribution in [1.29, 1.82) is 0 Å². The number of thiophene rings is 1. The van der Waals surface area contributed by atoms with Crippen LogP contribution in [-0.2, 0) is 6.42 Å². The van der Waals surface area contributed by atoms with Gasteiger partial charge in [-0.15, -0.1) is 11.3 Å². The summed E-state index contributed by atoms with van der Waals surface area (Å²) < 4.78 is 0. The summed E-state index contributed by atoms with van der Waals surface area (Å²) in [6.45, 7) is 0. The number of aromatic amines is 1. The SMILES string of the molecule is CSc1nc(Cc2cccs2)cc(=O)[nH]1. The fraction of sp³-hybridized carbons (Fsp3) is 0.200.